The molecular formula is C14H10Br2N4O. The predicted octanol–water partition coefficient (Wildman–Crippen LogP) is 3.83. The molecule has 106 valence electrons. The molecule has 0 saturated heterocycles. The molecule has 0 aliphatic heterocycles. The Bertz CT molecular complexity index is 788. The minimum atomic E-state index is 0.452. The molecule has 2 heterocycles. The molecule has 0 aliphatic rings. The van der Waals surface area contributed by atoms with Crippen molar-refractivity contribution in [3.05, 3.63) is 56.9 Å². The van der Waals surface area contributed by atoms with Gasteiger partial charge in [0.2, 0.25) is 11.7 Å². The average Bonchev–Trinajstić information content (AvgIpc) is 2.87. The molecule has 0 spiro atoms. The van der Waals surface area contributed by atoms with E-state index >= 15 is 0 Å². The van der Waals surface area contributed by atoms with Gasteiger partial charge in [0.1, 0.15) is 5.69 Å². The van der Waals surface area contributed by atoms with E-state index in [0.717, 1.165) is 14.5 Å². The Morgan fingerprint density at radius 2 is 2.05 bits per heavy atom. The van der Waals surface area contributed by atoms with Crippen molar-refractivity contribution in [2.45, 2.75) is 6.42 Å². The van der Waals surface area contributed by atoms with Crippen LogP contribution in [0.25, 0.3) is 11.5 Å². The van der Waals surface area contributed by atoms with Gasteiger partial charge in [-0.15, -0.1) is 0 Å². The number of benzene rings is 1. The van der Waals surface area contributed by atoms with Crippen molar-refractivity contribution in [2.24, 2.45) is 0 Å². The molecule has 21 heavy (non-hydrogen) atoms. The van der Waals surface area contributed by atoms with E-state index < -0.39 is 0 Å². The number of nitrogens with zero attached hydrogens (tertiary/aromatic N) is 3. The molecule has 1 aromatic carbocycles. The molecule has 0 fully saturated rings. The summed E-state index contributed by atoms with van der Waals surface area (Å²) in [5, 5.41) is 3.97. The number of aromatic nitrogens is 3. The third kappa shape index (κ3) is 3.30. The second kappa shape index (κ2) is 5.95. The summed E-state index contributed by atoms with van der Waals surface area (Å²) < 4.78 is 6.95. The lowest BCUT2D eigenvalue weighted by atomic mass is 10.1. The molecule has 0 aliphatic carbocycles. The summed E-state index contributed by atoms with van der Waals surface area (Å²) in [6, 6.07) is 9.47. The molecule has 0 atom stereocenters. The molecule has 0 amide bonds. The van der Waals surface area contributed by atoms with Crippen LogP contribution < -0.4 is 5.73 Å². The van der Waals surface area contributed by atoms with Crippen molar-refractivity contribution in [3.8, 4) is 11.5 Å². The highest BCUT2D eigenvalue weighted by Gasteiger charge is 2.13. The Hall–Kier alpha value is -1.73. The van der Waals surface area contributed by atoms with Crippen LogP contribution >= 0.6 is 31.9 Å². The number of hydrogen-bond acceptors (Lipinski definition) is 5. The van der Waals surface area contributed by atoms with Crippen molar-refractivity contribution in [2.75, 3.05) is 5.73 Å². The summed E-state index contributed by atoms with van der Waals surface area (Å²) in [5.41, 5.74) is 8.13. The second-order valence-corrected chi connectivity index (χ2v) is 6.19. The number of halogens is 2. The molecule has 0 unspecified atom stereocenters. The van der Waals surface area contributed by atoms with E-state index in [4.69, 9.17) is 10.3 Å². The second-order valence-electron chi connectivity index (χ2n) is 4.42. The van der Waals surface area contributed by atoms with Gasteiger partial charge in [0.05, 0.1) is 6.42 Å². The maximum Gasteiger partial charge on any atom is 0.231 e. The number of nitrogens with two attached hydrogens (primary N) is 1. The summed E-state index contributed by atoms with van der Waals surface area (Å²) in [6.07, 6.45) is 2.22. The van der Waals surface area contributed by atoms with E-state index in [-0.39, 0.29) is 0 Å². The van der Waals surface area contributed by atoms with Gasteiger partial charge in [-0.25, -0.2) is 0 Å². The van der Waals surface area contributed by atoms with Crippen molar-refractivity contribution in [1.82, 2.24) is 15.1 Å². The van der Waals surface area contributed by atoms with Gasteiger partial charge in [0.15, 0.2) is 0 Å². The molecule has 5 nitrogen and oxygen atoms in total. The molecule has 0 saturated carbocycles. The van der Waals surface area contributed by atoms with Gasteiger partial charge < -0.3 is 10.3 Å². The normalized spacial score (nSPS) is 10.8. The minimum absolute atomic E-state index is 0.452. The minimum Gasteiger partial charge on any atom is -0.399 e. The van der Waals surface area contributed by atoms with Gasteiger partial charge in [-0.3, -0.25) is 4.98 Å². The number of nitrogen functional groups attached to an aromatic ring is 1. The third-order valence-corrected chi connectivity index (χ3v) is 3.83. The first-order valence-corrected chi connectivity index (χ1v) is 7.69. The SMILES string of the molecule is Nc1cccc(Cc2nc(-c3ncc(Br)cc3Br)no2)c1. The van der Waals surface area contributed by atoms with Crippen LogP contribution in [0.2, 0.25) is 0 Å². The molecular weight excluding hydrogens is 400 g/mol. The van der Waals surface area contributed by atoms with Crippen molar-refractivity contribution >= 4 is 37.5 Å². The summed E-state index contributed by atoms with van der Waals surface area (Å²) in [4.78, 5) is 8.65. The number of pyridine rings is 1. The maximum atomic E-state index is 5.76. The Labute approximate surface area is 137 Å². The molecule has 3 aromatic rings. The lowest BCUT2D eigenvalue weighted by Gasteiger charge is -1.98. The fraction of sp³-hybridized carbons (Fsp3) is 0.0714. The zero-order valence-electron chi connectivity index (χ0n) is 10.8. The third-order valence-electron chi connectivity index (χ3n) is 2.79. The van der Waals surface area contributed by atoms with Gasteiger partial charge in [-0.2, -0.15) is 4.98 Å². The van der Waals surface area contributed by atoms with E-state index in [1.807, 2.05) is 30.3 Å². The quantitative estimate of drug-likeness (QED) is 0.665. The summed E-state index contributed by atoms with van der Waals surface area (Å²) in [5.74, 6) is 0.973. The average molecular weight is 410 g/mol. The van der Waals surface area contributed by atoms with Gasteiger partial charge in [-0.1, -0.05) is 17.3 Å². The highest BCUT2D eigenvalue weighted by molar-refractivity contribution is 9.11. The summed E-state index contributed by atoms with van der Waals surface area (Å²) in [7, 11) is 0. The fourth-order valence-corrected chi connectivity index (χ4v) is 3.04. The molecule has 0 radical (unpaired) electrons. The fourth-order valence-electron chi connectivity index (χ4n) is 1.88. The molecule has 7 heteroatoms. The number of rotatable bonds is 3. The van der Waals surface area contributed by atoms with Crippen molar-refractivity contribution in [3.63, 3.8) is 0 Å². The predicted molar refractivity (Wildman–Crippen MR) is 86.6 cm³/mol. The zero-order chi connectivity index (χ0) is 14.8. The molecule has 2 N–H and O–H groups in total. The highest BCUT2D eigenvalue weighted by Crippen LogP contribution is 2.26. The Kier molecular flexibility index (Phi) is 4.03. The van der Waals surface area contributed by atoms with Gasteiger partial charge >= 0.3 is 0 Å². The Morgan fingerprint density at radius 1 is 1.19 bits per heavy atom. The first-order valence-electron chi connectivity index (χ1n) is 6.10. The Balaban J connectivity index is 1.86. The highest BCUT2D eigenvalue weighted by atomic mass is 79.9. The van der Waals surface area contributed by atoms with Crippen LogP contribution in [0, 0.1) is 0 Å². The van der Waals surface area contributed by atoms with E-state index in [1.54, 1.807) is 6.20 Å². The topological polar surface area (TPSA) is 77.8 Å². The molecule has 3 rings (SSSR count). The standard InChI is InChI=1S/C14H10Br2N4O/c15-9-6-11(16)13(18-7-9)14-19-12(21-20-14)5-8-2-1-3-10(17)4-8/h1-4,6-7H,5,17H2. The number of anilines is 1. The summed E-state index contributed by atoms with van der Waals surface area (Å²) >= 11 is 6.80. The van der Waals surface area contributed by atoms with Crippen LogP contribution in [0.3, 0.4) is 0 Å². The number of hydrogen-bond donors (Lipinski definition) is 1. The lowest BCUT2D eigenvalue weighted by Crippen LogP contribution is -1.92. The largest absolute Gasteiger partial charge is 0.399 e. The summed E-state index contributed by atoms with van der Waals surface area (Å²) in [6.45, 7) is 0. The van der Waals surface area contributed by atoms with Gasteiger partial charge in [-0.05, 0) is 55.6 Å². The Morgan fingerprint density at radius 3 is 2.81 bits per heavy atom. The first kappa shape index (κ1) is 14.2. The van der Waals surface area contributed by atoms with Crippen molar-refractivity contribution in [1.29, 1.82) is 0 Å². The lowest BCUT2D eigenvalue weighted by molar-refractivity contribution is 0.385. The van der Waals surface area contributed by atoms with Crippen LogP contribution in [0.4, 0.5) is 5.69 Å². The smallest absolute Gasteiger partial charge is 0.231 e. The van der Waals surface area contributed by atoms with E-state index in [2.05, 4.69) is 47.0 Å². The van der Waals surface area contributed by atoms with E-state index in [9.17, 15) is 0 Å². The maximum absolute atomic E-state index is 5.76. The molecule has 2 aromatic heterocycles. The van der Waals surface area contributed by atoms with Crippen LogP contribution in [0.1, 0.15) is 11.5 Å². The van der Waals surface area contributed by atoms with Gasteiger partial charge in [0.25, 0.3) is 0 Å². The zero-order valence-corrected chi connectivity index (χ0v) is 13.9. The van der Waals surface area contributed by atoms with Crippen LogP contribution in [-0.2, 0) is 6.42 Å². The van der Waals surface area contributed by atoms with Crippen LogP contribution in [0.5, 0.6) is 0 Å². The molecule has 0 bridgehead atoms. The monoisotopic (exact) mass is 408 g/mol. The van der Waals surface area contributed by atoms with E-state index in [0.29, 0.717) is 29.5 Å². The van der Waals surface area contributed by atoms with E-state index in [1.165, 1.54) is 0 Å². The van der Waals surface area contributed by atoms with Gasteiger partial charge in [0, 0.05) is 20.8 Å². The van der Waals surface area contributed by atoms with Crippen molar-refractivity contribution < 1.29 is 4.52 Å². The first-order chi connectivity index (χ1) is 10.1. The van der Waals surface area contributed by atoms with Crippen LogP contribution in [-0.4, -0.2) is 15.1 Å². The van der Waals surface area contributed by atoms with Crippen LogP contribution in [0.15, 0.2) is 50.0 Å².